The van der Waals surface area contributed by atoms with E-state index in [2.05, 4.69) is 5.16 Å². The van der Waals surface area contributed by atoms with E-state index in [1.54, 1.807) is 0 Å². The minimum Gasteiger partial charge on any atom is -0.343 e. The van der Waals surface area contributed by atoms with E-state index in [0.29, 0.717) is 5.69 Å². The Balaban J connectivity index is 1.84. The van der Waals surface area contributed by atoms with Crippen LogP contribution in [0.3, 0.4) is 0 Å². The molecule has 2 aromatic carbocycles. The largest absolute Gasteiger partial charge is 0.343 e. The number of hydrogen-bond donors (Lipinski definition) is 0. The molecule has 0 aliphatic rings. The number of hydrogen-bond acceptors (Lipinski definition) is 4. The molecule has 1 aromatic heterocycles. The molecule has 118 valence electrons. The van der Waals surface area contributed by atoms with Gasteiger partial charge in [-0.05, 0) is 5.56 Å². The standard InChI is InChI=1S/C17H16N2O3S/c1-19(13-14-8-4-2-5-9-14)23(20,21)17-12-16(18-22-17)15-10-6-3-7-11-15/h2-12H,13H2,1H3. The van der Waals surface area contributed by atoms with Gasteiger partial charge in [-0.25, -0.2) is 8.42 Å². The second-order valence-electron chi connectivity index (χ2n) is 5.14. The maximum atomic E-state index is 12.6. The molecule has 0 atom stereocenters. The molecule has 0 amide bonds. The zero-order valence-electron chi connectivity index (χ0n) is 12.6. The van der Waals surface area contributed by atoms with Gasteiger partial charge < -0.3 is 4.52 Å². The number of sulfonamides is 1. The summed E-state index contributed by atoms with van der Waals surface area (Å²) in [6.45, 7) is 0.268. The van der Waals surface area contributed by atoms with Crippen molar-refractivity contribution in [3.8, 4) is 11.3 Å². The first-order valence-electron chi connectivity index (χ1n) is 7.10. The van der Waals surface area contributed by atoms with Crippen LogP contribution in [0.5, 0.6) is 0 Å². The average Bonchev–Trinajstić information content (AvgIpc) is 3.07. The highest BCUT2D eigenvalue weighted by molar-refractivity contribution is 7.88. The van der Waals surface area contributed by atoms with Gasteiger partial charge in [0.05, 0.1) is 0 Å². The lowest BCUT2D eigenvalue weighted by molar-refractivity contribution is 0.328. The highest BCUT2D eigenvalue weighted by Crippen LogP contribution is 2.23. The van der Waals surface area contributed by atoms with E-state index in [1.165, 1.54) is 17.4 Å². The summed E-state index contributed by atoms with van der Waals surface area (Å²) in [7, 11) is -2.20. The molecule has 23 heavy (non-hydrogen) atoms. The quantitative estimate of drug-likeness (QED) is 0.722. The van der Waals surface area contributed by atoms with Crippen LogP contribution in [0.4, 0.5) is 0 Å². The molecule has 3 aromatic rings. The van der Waals surface area contributed by atoms with Gasteiger partial charge in [0.25, 0.3) is 15.1 Å². The van der Waals surface area contributed by atoms with Gasteiger partial charge >= 0.3 is 0 Å². The van der Waals surface area contributed by atoms with E-state index in [9.17, 15) is 8.42 Å². The van der Waals surface area contributed by atoms with Crippen molar-refractivity contribution in [3.63, 3.8) is 0 Å². The zero-order valence-corrected chi connectivity index (χ0v) is 13.4. The lowest BCUT2D eigenvalue weighted by Gasteiger charge is -2.14. The topological polar surface area (TPSA) is 63.4 Å². The minimum atomic E-state index is -3.72. The van der Waals surface area contributed by atoms with Crippen LogP contribution in [0, 0.1) is 0 Å². The molecule has 0 aliphatic heterocycles. The first-order chi connectivity index (χ1) is 11.1. The Morgan fingerprint density at radius 3 is 2.26 bits per heavy atom. The van der Waals surface area contributed by atoms with E-state index >= 15 is 0 Å². The third-order valence-corrected chi connectivity index (χ3v) is 5.12. The SMILES string of the molecule is CN(Cc1ccccc1)S(=O)(=O)c1cc(-c2ccccc2)no1. The van der Waals surface area contributed by atoms with Crippen molar-refractivity contribution in [3.05, 3.63) is 72.3 Å². The van der Waals surface area contributed by atoms with E-state index < -0.39 is 10.0 Å². The second-order valence-corrected chi connectivity index (χ2v) is 7.12. The molecule has 0 radical (unpaired) electrons. The normalized spacial score (nSPS) is 11.7. The maximum Gasteiger partial charge on any atom is 0.279 e. The van der Waals surface area contributed by atoms with Gasteiger partial charge in [-0.15, -0.1) is 0 Å². The van der Waals surface area contributed by atoms with E-state index in [-0.39, 0.29) is 11.6 Å². The molecule has 0 saturated heterocycles. The molecule has 5 nitrogen and oxygen atoms in total. The predicted octanol–water partition coefficient (Wildman–Crippen LogP) is 3.16. The number of benzene rings is 2. The predicted molar refractivity (Wildman–Crippen MR) is 87.0 cm³/mol. The Labute approximate surface area is 135 Å². The van der Waals surface area contributed by atoms with Gasteiger partial charge in [0.15, 0.2) is 0 Å². The molecular weight excluding hydrogens is 312 g/mol. The molecule has 0 N–H and O–H groups in total. The van der Waals surface area contributed by atoms with E-state index in [1.807, 2.05) is 60.7 Å². The smallest absolute Gasteiger partial charge is 0.279 e. The summed E-state index contributed by atoms with van der Waals surface area (Å²) < 4.78 is 31.5. The Bertz CT molecular complexity index is 874. The highest BCUT2D eigenvalue weighted by atomic mass is 32.2. The second kappa shape index (κ2) is 6.36. The van der Waals surface area contributed by atoms with Crippen LogP contribution < -0.4 is 0 Å². The van der Waals surface area contributed by atoms with Crippen LogP contribution in [-0.2, 0) is 16.6 Å². The fraction of sp³-hybridized carbons (Fsp3) is 0.118. The van der Waals surface area contributed by atoms with Gasteiger partial charge in [-0.2, -0.15) is 4.31 Å². The molecule has 0 spiro atoms. The molecule has 0 aliphatic carbocycles. The van der Waals surface area contributed by atoms with Crippen molar-refractivity contribution < 1.29 is 12.9 Å². The van der Waals surface area contributed by atoms with Crippen LogP contribution in [0.15, 0.2) is 76.3 Å². The van der Waals surface area contributed by atoms with Crippen LogP contribution in [0.25, 0.3) is 11.3 Å². The zero-order chi connectivity index (χ0) is 16.3. The number of nitrogens with zero attached hydrogens (tertiary/aromatic N) is 2. The van der Waals surface area contributed by atoms with E-state index in [0.717, 1.165) is 11.1 Å². The third kappa shape index (κ3) is 3.33. The summed E-state index contributed by atoms with van der Waals surface area (Å²) in [5.74, 6) is 0. The molecule has 1 heterocycles. The van der Waals surface area contributed by atoms with Crippen LogP contribution in [0.2, 0.25) is 0 Å². The summed E-state index contributed by atoms with van der Waals surface area (Å²) in [5.41, 5.74) is 2.21. The molecular formula is C17H16N2O3S. The summed E-state index contributed by atoms with van der Waals surface area (Å²) in [6, 6.07) is 20.1. The maximum absolute atomic E-state index is 12.6. The number of aromatic nitrogens is 1. The lowest BCUT2D eigenvalue weighted by atomic mass is 10.2. The first kappa shape index (κ1) is 15.5. The summed E-state index contributed by atoms with van der Waals surface area (Å²) >= 11 is 0. The van der Waals surface area contributed by atoms with Gasteiger partial charge in [0, 0.05) is 25.2 Å². The van der Waals surface area contributed by atoms with Crippen molar-refractivity contribution >= 4 is 10.0 Å². The molecule has 0 saturated carbocycles. The third-order valence-electron chi connectivity index (χ3n) is 3.47. The summed E-state index contributed by atoms with van der Waals surface area (Å²) in [4.78, 5) is 0. The molecule has 6 heteroatoms. The minimum absolute atomic E-state index is 0.158. The Kier molecular flexibility index (Phi) is 4.27. The van der Waals surface area contributed by atoms with Crippen LogP contribution in [-0.4, -0.2) is 24.9 Å². The van der Waals surface area contributed by atoms with Gasteiger partial charge in [0.2, 0.25) is 0 Å². The average molecular weight is 328 g/mol. The summed E-state index contributed by atoms with van der Waals surface area (Å²) in [5, 5.41) is 3.70. The van der Waals surface area contributed by atoms with Crippen LogP contribution in [0.1, 0.15) is 5.56 Å². The lowest BCUT2D eigenvalue weighted by Crippen LogP contribution is -2.26. The van der Waals surface area contributed by atoms with Crippen molar-refractivity contribution in [2.75, 3.05) is 7.05 Å². The van der Waals surface area contributed by atoms with Crippen molar-refractivity contribution in [1.29, 1.82) is 0 Å². The Morgan fingerprint density at radius 1 is 1.00 bits per heavy atom. The molecule has 0 unspecified atom stereocenters. The molecule has 0 fully saturated rings. The van der Waals surface area contributed by atoms with E-state index in [4.69, 9.17) is 4.52 Å². The number of rotatable bonds is 5. The van der Waals surface area contributed by atoms with Gasteiger partial charge in [-0.1, -0.05) is 65.8 Å². The Hall–Kier alpha value is -2.44. The van der Waals surface area contributed by atoms with Gasteiger partial charge in [0.1, 0.15) is 5.69 Å². The first-order valence-corrected chi connectivity index (χ1v) is 8.54. The van der Waals surface area contributed by atoms with Crippen LogP contribution >= 0.6 is 0 Å². The monoisotopic (exact) mass is 328 g/mol. The highest BCUT2D eigenvalue weighted by Gasteiger charge is 2.26. The van der Waals surface area contributed by atoms with Crippen molar-refractivity contribution in [2.45, 2.75) is 11.6 Å². The fourth-order valence-electron chi connectivity index (χ4n) is 2.20. The summed E-state index contributed by atoms with van der Waals surface area (Å²) in [6.07, 6.45) is 0. The van der Waals surface area contributed by atoms with Crippen molar-refractivity contribution in [1.82, 2.24) is 9.46 Å². The fourth-order valence-corrected chi connectivity index (χ4v) is 3.22. The van der Waals surface area contributed by atoms with Crippen molar-refractivity contribution in [2.24, 2.45) is 0 Å². The Morgan fingerprint density at radius 2 is 1.61 bits per heavy atom. The molecule has 3 rings (SSSR count). The van der Waals surface area contributed by atoms with Gasteiger partial charge in [-0.3, -0.25) is 0 Å². The molecule has 0 bridgehead atoms.